The summed E-state index contributed by atoms with van der Waals surface area (Å²) in [6.07, 6.45) is 1.89. The molecule has 13 heavy (non-hydrogen) atoms. The largest absolute Gasteiger partial charge is 0.393 e. The second-order valence-corrected chi connectivity index (χ2v) is 3.52. The lowest BCUT2D eigenvalue weighted by atomic mass is 10.3. The van der Waals surface area contributed by atoms with Crippen molar-refractivity contribution in [1.29, 1.82) is 0 Å². The van der Waals surface area contributed by atoms with Crippen LogP contribution in [0.2, 0.25) is 0 Å². The molecule has 0 aromatic heterocycles. The lowest BCUT2D eigenvalue weighted by Crippen LogP contribution is -2.29. The molecular formula is C9H20N2OS. The van der Waals surface area contributed by atoms with Crippen LogP contribution >= 0.6 is 12.2 Å². The maximum Gasteiger partial charge on any atom is 0.0740 e. The molecule has 0 heterocycles. The maximum absolute atomic E-state index is 5.43. The van der Waals surface area contributed by atoms with Gasteiger partial charge in [-0.15, -0.1) is 0 Å². The van der Waals surface area contributed by atoms with Crippen molar-refractivity contribution in [2.24, 2.45) is 5.73 Å². The Labute approximate surface area is 86.2 Å². The van der Waals surface area contributed by atoms with E-state index in [4.69, 9.17) is 22.7 Å². The van der Waals surface area contributed by atoms with Crippen LogP contribution in [0.15, 0.2) is 0 Å². The third-order valence-corrected chi connectivity index (χ3v) is 2.15. The number of ether oxygens (including phenoxy) is 1. The third kappa shape index (κ3) is 8.15. The van der Waals surface area contributed by atoms with Crippen molar-refractivity contribution in [3.63, 3.8) is 0 Å². The number of hydrogen-bond donors (Lipinski definition) is 1. The van der Waals surface area contributed by atoms with Crippen molar-refractivity contribution in [3.8, 4) is 0 Å². The number of hydrogen-bond acceptors (Lipinski definition) is 3. The molecule has 0 spiro atoms. The van der Waals surface area contributed by atoms with Gasteiger partial charge in [-0.1, -0.05) is 19.1 Å². The van der Waals surface area contributed by atoms with Gasteiger partial charge in [-0.2, -0.15) is 0 Å². The second kappa shape index (κ2) is 8.41. The Hall–Kier alpha value is -0.190. The molecule has 0 aromatic carbocycles. The van der Waals surface area contributed by atoms with Gasteiger partial charge < -0.3 is 15.4 Å². The van der Waals surface area contributed by atoms with Crippen LogP contribution in [-0.4, -0.2) is 43.2 Å². The van der Waals surface area contributed by atoms with E-state index >= 15 is 0 Å². The van der Waals surface area contributed by atoms with E-state index in [9.17, 15) is 0 Å². The molecule has 0 aliphatic rings. The van der Waals surface area contributed by atoms with Gasteiger partial charge in [-0.25, -0.2) is 0 Å². The fourth-order valence-electron chi connectivity index (χ4n) is 1.13. The van der Waals surface area contributed by atoms with Crippen LogP contribution in [0.5, 0.6) is 0 Å². The Morgan fingerprint density at radius 2 is 2.15 bits per heavy atom. The molecule has 0 saturated carbocycles. The van der Waals surface area contributed by atoms with E-state index in [1.807, 2.05) is 0 Å². The molecule has 0 radical (unpaired) electrons. The molecule has 0 atom stereocenters. The molecule has 78 valence electrons. The van der Waals surface area contributed by atoms with Crippen LogP contribution in [0.25, 0.3) is 0 Å². The summed E-state index contributed by atoms with van der Waals surface area (Å²) < 4.78 is 4.99. The minimum Gasteiger partial charge on any atom is -0.393 e. The molecule has 0 fully saturated rings. The smallest absolute Gasteiger partial charge is 0.0740 e. The highest BCUT2D eigenvalue weighted by atomic mass is 32.1. The van der Waals surface area contributed by atoms with Crippen molar-refractivity contribution in [2.45, 2.75) is 19.8 Å². The van der Waals surface area contributed by atoms with E-state index in [-0.39, 0.29) is 0 Å². The van der Waals surface area contributed by atoms with Gasteiger partial charge in [-0.05, 0) is 13.0 Å². The maximum atomic E-state index is 5.43. The van der Waals surface area contributed by atoms with Crippen LogP contribution in [0, 0.1) is 0 Å². The van der Waals surface area contributed by atoms with Gasteiger partial charge in [-0.3, -0.25) is 0 Å². The fraction of sp³-hybridized carbons (Fsp3) is 0.889. The normalized spacial score (nSPS) is 10.7. The van der Waals surface area contributed by atoms with E-state index in [0.29, 0.717) is 4.99 Å². The van der Waals surface area contributed by atoms with E-state index < -0.39 is 0 Å². The standard InChI is InChI=1S/C9H20N2OS/c1-3-11(6-4-8-12-2)7-5-9(10)13/h3-8H2,1-2H3,(H2,10,13). The first-order valence-electron chi connectivity index (χ1n) is 4.70. The fourth-order valence-corrected chi connectivity index (χ4v) is 1.22. The van der Waals surface area contributed by atoms with Gasteiger partial charge in [0.25, 0.3) is 0 Å². The summed E-state index contributed by atoms with van der Waals surface area (Å²) in [5, 5.41) is 0. The van der Waals surface area contributed by atoms with Crippen LogP contribution in [0.1, 0.15) is 19.8 Å². The van der Waals surface area contributed by atoms with Crippen LogP contribution in [-0.2, 0) is 4.74 Å². The van der Waals surface area contributed by atoms with Gasteiger partial charge in [0.15, 0.2) is 0 Å². The quantitative estimate of drug-likeness (QED) is 0.473. The predicted octanol–water partition coefficient (Wildman–Crippen LogP) is 1.02. The zero-order chi connectivity index (χ0) is 10.1. The van der Waals surface area contributed by atoms with Crippen LogP contribution in [0.3, 0.4) is 0 Å². The number of nitrogens with zero attached hydrogens (tertiary/aromatic N) is 1. The molecule has 0 aliphatic carbocycles. The first-order valence-corrected chi connectivity index (χ1v) is 5.11. The first kappa shape index (κ1) is 12.8. The lowest BCUT2D eigenvalue weighted by Gasteiger charge is -2.19. The van der Waals surface area contributed by atoms with Gasteiger partial charge in [0.1, 0.15) is 0 Å². The Morgan fingerprint density at radius 1 is 1.46 bits per heavy atom. The Bertz CT molecular complexity index is 142. The molecule has 0 unspecified atom stereocenters. The van der Waals surface area contributed by atoms with Crippen molar-refractivity contribution in [3.05, 3.63) is 0 Å². The summed E-state index contributed by atoms with van der Waals surface area (Å²) in [5.74, 6) is 0. The summed E-state index contributed by atoms with van der Waals surface area (Å²) >= 11 is 4.82. The minimum absolute atomic E-state index is 0.602. The highest BCUT2D eigenvalue weighted by molar-refractivity contribution is 7.80. The van der Waals surface area contributed by atoms with E-state index in [1.54, 1.807) is 7.11 Å². The van der Waals surface area contributed by atoms with Crippen molar-refractivity contribution >= 4 is 17.2 Å². The molecule has 0 amide bonds. The monoisotopic (exact) mass is 204 g/mol. The predicted molar refractivity (Wildman–Crippen MR) is 60.0 cm³/mol. The Morgan fingerprint density at radius 3 is 2.62 bits per heavy atom. The number of nitrogens with two attached hydrogens (primary N) is 1. The summed E-state index contributed by atoms with van der Waals surface area (Å²) in [7, 11) is 1.73. The average Bonchev–Trinajstić information content (AvgIpc) is 2.10. The molecule has 0 bridgehead atoms. The Balaban J connectivity index is 3.45. The van der Waals surface area contributed by atoms with E-state index in [1.165, 1.54) is 0 Å². The highest BCUT2D eigenvalue weighted by Gasteiger charge is 2.01. The topological polar surface area (TPSA) is 38.5 Å². The van der Waals surface area contributed by atoms with Gasteiger partial charge in [0.05, 0.1) is 4.99 Å². The van der Waals surface area contributed by atoms with E-state index in [2.05, 4.69) is 11.8 Å². The second-order valence-electron chi connectivity index (χ2n) is 3.00. The summed E-state index contributed by atoms with van der Waals surface area (Å²) in [6.45, 7) is 6.05. The highest BCUT2D eigenvalue weighted by Crippen LogP contribution is 1.94. The molecular weight excluding hydrogens is 184 g/mol. The van der Waals surface area contributed by atoms with Crippen LogP contribution in [0.4, 0.5) is 0 Å². The molecule has 2 N–H and O–H groups in total. The van der Waals surface area contributed by atoms with E-state index in [0.717, 1.165) is 39.1 Å². The number of thiocarbonyl (C=S) groups is 1. The summed E-state index contributed by atoms with van der Waals surface area (Å²) in [5.41, 5.74) is 5.43. The summed E-state index contributed by atoms with van der Waals surface area (Å²) in [4.78, 5) is 2.93. The molecule has 3 nitrogen and oxygen atoms in total. The van der Waals surface area contributed by atoms with Gasteiger partial charge in [0, 0.05) is 33.2 Å². The summed E-state index contributed by atoms with van der Waals surface area (Å²) in [6, 6.07) is 0. The first-order chi connectivity index (χ1) is 6.20. The molecule has 0 saturated heterocycles. The van der Waals surface area contributed by atoms with Crippen molar-refractivity contribution < 1.29 is 4.74 Å². The molecule has 4 heteroatoms. The number of rotatable bonds is 8. The van der Waals surface area contributed by atoms with Crippen molar-refractivity contribution in [1.82, 2.24) is 4.90 Å². The third-order valence-electron chi connectivity index (χ3n) is 1.94. The minimum atomic E-state index is 0.602. The number of methoxy groups -OCH3 is 1. The molecule has 0 aromatic rings. The average molecular weight is 204 g/mol. The zero-order valence-corrected chi connectivity index (χ0v) is 9.40. The lowest BCUT2D eigenvalue weighted by molar-refractivity contribution is 0.174. The Kier molecular flexibility index (Phi) is 8.29. The van der Waals surface area contributed by atoms with Crippen LogP contribution < -0.4 is 5.73 Å². The van der Waals surface area contributed by atoms with Gasteiger partial charge in [0.2, 0.25) is 0 Å². The molecule has 0 aliphatic heterocycles. The zero-order valence-electron chi connectivity index (χ0n) is 8.58. The SMILES string of the molecule is CCN(CCCOC)CCC(N)=S. The van der Waals surface area contributed by atoms with Gasteiger partial charge >= 0.3 is 0 Å². The van der Waals surface area contributed by atoms with Crippen molar-refractivity contribution in [2.75, 3.05) is 33.4 Å². The molecule has 0 rings (SSSR count).